The zero-order valence-electron chi connectivity index (χ0n) is 13.7. The van der Waals surface area contributed by atoms with E-state index in [1.165, 1.54) is 18.4 Å². The average molecular weight is 310 g/mol. The van der Waals surface area contributed by atoms with Crippen LogP contribution in [0.3, 0.4) is 0 Å². The highest BCUT2D eigenvalue weighted by Gasteiger charge is 2.50. The predicted octanol–water partition coefficient (Wildman–Crippen LogP) is 3.87. The van der Waals surface area contributed by atoms with Gasteiger partial charge in [-0.05, 0) is 48.3 Å². The Morgan fingerprint density at radius 1 is 1.39 bits per heavy atom. The minimum atomic E-state index is -0.274. The number of hydrogen-bond donors (Lipinski definition) is 0. The van der Waals surface area contributed by atoms with E-state index in [2.05, 4.69) is 25.0 Å². The molecule has 120 valence electrons. The third-order valence-corrected chi connectivity index (χ3v) is 5.84. The zero-order valence-corrected chi connectivity index (χ0v) is 13.7. The van der Waals surface area contributed by atoms with Gasteiger partial charge in [0, 0.05) is 18.8 Å². The molecule has 5 rings (SSSR count). The van der Waals surface area contributed by atoms with Crippen molar-refractivity contribution in [1.29, 1.82) is 0 Å². The van der Waals surface area contributed by atoms with Crippen molar-refractivity contribution in [2.75, 3.05) is 6.61 Å². The van der Waals surface area contributed by atoms with E-state index in [-0.39, 0.29) is 5.97 Å². The fourth-order valence-electron chi connectivity index (χ4n) is 4.14. The van der Waals surface area contributed by atoms with Crippen LogP contribution in [-0.4, -0.2) is 22.2 Å². The lowest BCUT2D eigenvalue weighted by Gasteiger charge is -2.56. The van der Waals surface area contributed by atoms with Gasteiger partial charge in [0.1, 0.15) is 0 Å². The van der Waals surface area contributed by atoms with E-state index in [4.69, 9.17) is 4.74 Å². The molecule has 0 spiro atoms. The second-order valence-corrected chi connectivity index (χ2v) is 7.33. The maximum absolute atomic E-state index is 12.2. The van der Waals surface area contributed by atoms with Gasteiger partial charge < -0.3 is 4.74 Å². The van der Waals surface area contributed by atoms with Crippen molar-refractivity contribution < 1.29 is 9.53 Å². The molecule has 3 aliphatic rings. The van der Waals surface area contributed by atoms with Gasteiger partial charge in [-0.15, -0.1) is 0 Å². The molecule has 2 atom stereocenters. The standard InChI is InChI=1S/C19H22N2O2/c1-19(2)15-5-3-13(17(19)11-15)8-10-23-18(22)14-4-6-16-7-9-20-21(16)12-14/h3-4,6-7,9,12,15,17H,5,8,10-11H2,1-2H3/t15-,17-/m0/s1. The molecule has 3 aliphatic carbocycles. The number of pyridine rings is 1. The normalized spacial score (nSPS) is 24.9. The molecule has 2 aromatic rings. The van der Waals surface area contributed by atoms with E-state index in [9.17, 15) is 4.79 Å². The number of carbonyl (C=O) groups excluding carboxylic acids is 1. The zero-order chi connectivity index (χ0) is 16.0. The Morgan fingerprint density at radius 3 is 3.04 bits per heavy atom. The van der Waals surface area contributed by atoms with Gasteiger partial charge >= 0.3 is 5.97 Å². The third-order valence-electron chi connectivity index (χ3n) is 5.84. The highest BCUT2D eigenvalue weighted by molar-refractivity contribution is 5.89. The highest BCUT2D eigenvalue weighted by Crippen LogP contribution is 2.59. The molecule has 2 heterocycles. The largest absolute Gasteiger partial charge is 0.462 e. The van der Waals surface area contributed by atoms with Crippen molar-refractivity contribution in [2.24, 2.45) is 17.3 Å². The molecular weight excluding hydrogens is 288 g/mol. The summed E-state index contributed by atoms with van der Waals surface area (Å²) in [6.45, 7) is 5.19. The van der Waals surface area contributed by atoms with Crippen LogP contribution in [0.4, 0.5) is 0 Å². The number of esters is 1. The Kier molecular flexibility index (Phi) is 3.29. The third kappa shape index (κ3) is 2.37. The number of hydrogen-bond acceptors (Lipinski definition) is 3. The fourth-order valence-corrected chi connectivity index (χ4v) is 4.14. The highest BCUT2D eigenvalue weighted by atomic mass is 16.5. The predicted molar refractivity (Wildman–Crippen MR) is 88.2 cm³/mol. The van der Waals surface area contributed by atoms with E-state index in [1.54, 1.807) is 23.0 Å². The van der Waals surface area contributed by atoms with Crippen LogP contribution in [0.25, 0.3) is 5.52 Å². The average Bonchev–Trinajstić information content (AvgIpc) is 3.02. The van der Waals surface area contributed by atoms with Crippen LogP contribution < -0.4 is 0 Å². The van der Waals surface area contributed by atoms with Crippen molar-refractivity contribution in [1.82, 2.24) is 9.61 Å². The summed E-state index contributed by atoms with van der Waals surface area (Å²) in [5.74, 6) is 1.25. The van der Waals surface area contributed by atoms with Crippen molar-refractivity contribution in [2.45, 2.75) is 33.1 Å². The maximum Gasteiger partial charge on any atom is 0.339 e. The second kappa shape index (κ2) is 5.22. The molecule has 23 heavy (non-hydrogen) atoms. The van der Waals surface area contributed by atoms with Gasteiger partial charge in [0.05, 0.1) is 17.7 Å². The fraction of sp³-hybridized carbons (Fsp3) is 0.474. The molecule has 0 radical (unpaired) electrons. The minimum Gasteiger partial charge on any atom is -0.462 e. The van der Waals surface area contributed by atoms with Crippen molar-refractivity contribution >= 4 is 11.5 Å². The summed E-state index contributed by atoms with van der Waals surface area (Å²) < 4.78 is 7.16. The molecular formula is C19H22N2O2. The summed E-state index contributed by atoms with van der Waals surface area (Å²) in [5.41, 5.74) is 3.42. The molecule has 0 aromatic carbocycles. The quantitative estimate of drug-likeness (QED) is 0.636. The first-order valence-corrected chi connectivity index (χ1v) is 8.35. The summed E-state index contributed by atoms with van der Waals surface area (Å²) in [6, 6.07) is 5.57. The molecule has 0 N–H and O–H groups in total. The van der Waals surface area contributed by atoms with E-state index in [0.717, 1.165) is 17.9 Å². The van der Waals surface area contributed by atoms with Gasteiger partial charge in [-0.25, -0.2) is 9.31 Å². The molecule has 2 bridgehead atoms. The number of ether oxygens (including phenoxy) is 1. The number of fused-ring (bicyclic) bond motifs is 2. The van der Waals surface area contributed by atoms with Gasteiger partial charge in [0.2, 0.25) is 0 Å². The van der Waals surface area contributed by atoms with Gasteiger partial charge in [-0.1, -0.05) is 25.5 Å². The maximum atomic E-state index is 12.2. The first kappa shape index (κ1) is 14.5. The number of carbonyl (C=O) groups is 1. The van der Waals surface area contributed by atoms with Crippen molar-refractivity contribution in [3.05, 3.63) is 47.8 Å². The Morgan fingerprint density at radius 2 is 2.26 bits per heavy atom. The van der Waals surface area contributed by atoms with Gasteiger partial charge in [-0.3, -0.25) is 0 Å². The van der Waals surface area contributed by atoms with Gasteiger partial charge in [-0.2, -0.15) is 5.10 Å². The Balaban J connectivity index is 1.36. The van der Waals surface area contributed by atoms with Crippen LogP contribution in [0.15, 0.2) is 42.2 Å². The Hall–Kier alpha value is -2.10. The summed E-state index contributed by atoms with van der Waals surface area (Å²) >= 11 is 0. The smallest absolute Gasteiger partial charge is 0.339 e. The molecule has 1 saturated carbocycles. The molecule has 0 unspecified atom stereocenters. The summed E-state index contributed by atoms with van der Waals surface area (Å²) in [5, 5.41) is 4.15. The molecule has 4 heteroatoms. The van der Waals surface area contributed by atoms with Crippen LogP contribution in [0.1, 0.15) is 43.5 Å². The van der Waals surface area contributed by atoms with E-state index < -0.39 is 0 Å². The van der Waals surface area contributed by atoms with E-state index in [1.807, 2.05) is 12.1 Å². The van der Waals surface area contributed by atoms with Crippen LogP contribution in [0.2, 0.25) is 0 Å². The molecule has 0 aliphatic heterocycles. The molecule has 0 amide bonds. The number of rotatable bonds is 4. The van der Waals surface area contributed by atoms with E-state index >= 15 is 0 Å². The Bertz CT molecular complexity index is 788. The summed E-state index contributed by atoms with van der Waals surface area (Å²) in [4.78, 5) is 12.2. The molecule has 4 nitrogen and oxygen atoms in total. The lowest BCUT2D eigenvalue weighted by molar-refractivity contribution is -0.0103. The molecule has 2 aromatic heterocycles. The number of allylic oxidation sites excluding steroid dienone is 1. The topological polar surface area (TPSA) is 43.6 Å². The van der Waals surface area contributed by atoms with Crippen LogP contribution in [0.5, 0.6) is 0 Å². The summed E-state index contributed by atoms with van der Waals surface area (Å²) in [6.07, 6.45) is 9.15. The van der Waals surface area contributed by atoms with Gasteiger partial charge in [0.15, 0.2) is 0 Å². The Labute approximate surface area is 136 Å². The van der Waals surface area contributed by atoms with Crippen LogP contribution >= 0.6 is 0 Å². The first-order valence-electron chi connectivity index (χ1n) is 8.35. The molecule has 0 saturated heterocycles. The first-order chi connectivity index (χ1) is 11.1. The molecule has 1 fully saturated rings. The number of aromatic nitrogens is 2. The minimum absolute atomic E-state index is 0.274. The van der Waals surface area contributed by atoms with Crippen LogP contribution in [-0.2, 0) is 4.74 Å². The summed E-state index contributed by atoms with van der Waals surface area (Å²) in [7, 11) is 0. The monoisotopic (exact) mass is 310 g/mol. The van der Waals surface area contributed by atoms with Gasteiger partial charge in [0.25, 0.3) is 0 Å². The van der Waals surface area contributed by atoms with Crippen molar-refractivity contribution in [3.63, 3.8) is 0 Å². The number of nitrogens with zero attached hydrogens (tertiary/aromatic N) is 2. The van der Waals surface area contributed by atoms with E-state index in [0.29, 0.717) is 23.5 Å². The lowest BCUT2D eigenvalue weighted by Crippen LogP contribution is -2.48. The SMILES string of the molecule is CC1(C)[C@H]2CC=C(CCOC(=O)c3ccc4ccnn4c3)[C@@H]1C2. The second-order valence-electron chi connectivity index (χ2n) is 7.33. The van der Waals surface area contributed by atoms with Crippen molar-refractivity contribution in [3.8, 4) is 0 Å². The van der Waals surface area contributed by atoms with Crippen LogP contribution in [0, 0.1) is 17.3 Å². The lowest BCUT2D eigenvalue weighted by atomic mass is 9.48.